The van der Waals surface area contributed by atoms with Gasteiger partial charge in [-0.25, -0.2) is 0 Å². The Bertz CT molecular complexity index is 1190. The molecule has 0 bridgehead atoms. The van der Waals surface area contributed by atoms with E-state index in [4.69, 9.17) is 0 Å². The van der Waals surface area contributed by atoms with Crippen LogP contribution in [0.15, 0.2) is 60.7 Å². The summed E-state index contributed by atoms with van der Waals surface area (Å²) in [7, 11) is 0. The third-order valence-corrected chi connectivity index (χ3v) is 10.8. The summed E-state index contributed by atoms with van der Waals surface area (Å²) in [6.45, 7) is 3.26. The van der Waals surface area contributed by atoms with Crippen molar-refractivity contribution < 1.29 is 29.4 Å². The number of aliphatic carboxylic acids is 2. The Labute approximate surface area is 309 Å². The van der Waals surface area contributed by atoms with E-state index >= 15 is 0 Å². The van der Waals surface area contributed by atoms with Gasteiger partial charge >= 0.3 is 37.7 Å². The second-order valence-electron chi connectivity index (χ2n) is 14.0. The number of likely N-dealkylation sites (tertiary alicyclic amines) is 2. The first-order valence-corrected chi connectivity index (χ1v) is 17.3. The number of hydrogen-bond acceptors (Lipinski definition) is 6. The molecule has 2 amide bonds. The van der Waals surface area contributed by atoms with Crippen LogP contribution >= 0.6 is 0 Å². The molecule has 248 valence electrons. The predicted octanol–water partition coefficient (Wildman–Crippen LogP) is 2.89. The Kier molecular flexibility index (Phi) is 14.6. The van der Waals surface area contributed by atoms with Crippen molar-refractivity contribution in [3.05, 3.63) is 71.8 Å². The van der Waals surface area contributed by atoms with E-state index in [0.717, 1.165) is 37.3 Å². The topological polar surface area (TPSA) is 121 Å². The molecule has 4 aliphatic rings. The Morgan fingerprint density at radius 3 is 1.13 bits per heavy atom. The van der Waals surface area contributed by atoms with E-state index in [1.165, 1.54) is 51.4 Å². The Balaban J connectivity index is 0.000000208. The molecule has 2 heterocycles. The van der Waals surface area contributed by atoms with Crippen LogP contribution in [0.5, 0.6) is 0 Å². The maximum Gasteiger partial charge on any atom is 2.00 e. The van der Waals surface area contributed by atoms with Crippen molar-refractivity contribution in [3.8, 4) is 0 Å². The van der Waals surface area contributed by atoms with E-state index < -0.39 is 23.8 Å². The van der Waals surface area contributed by atoms with Crippen LogP contribution in [-0.2, 0) is 32.0 Å². The van der Waals surface area contributed by atoms with Crippen molar-refractivity contribution in [2.45, 2.75) is 77.0 Å². The van der Waals surface area contributed by atoms with E-state index in [9.17, 15) is 29.4 Å². The van der Waals surface area contributed by atoms with Crippen molar-refractivity contribution in [2.75, 3.05) is 26.2 Å². The molecule has 2 saturated carbocycles. The molecular formula is C38H48CaN2O6. The zero-order valence-corrected chi connectivity index (χ0v) is 29.8. The van der Waals surface area contributed by atoms with Gasteiger partial charge in [-0.05, 0) is 73.3 Å². The number of carboxylic acids is 2. The van der Waals surface area contributed by atoms with E-state index in [1.807, 2.05) is 70.5 Å². The molecule has 0 radical (unpaired) electrons. The van der Waals surface area contributed by atoms with Gasteiger partial charge in [0.05, 0.1) is 0 Å². The molecule has 2 saturated heterocycles. The molecule has 2 aromatic carbocycles. The maximum atomic E-state index is 12.5. The molecule has 2 aliphatic heterocycles. The molecule has 9 heteroatoms. The molecule has 8 nitrogen and oxygen atoms in total. The number of carbonyl (C=O) groups is 4. The average Bonchev–Trinajstić information content (AvgIpc) is 3.70. The molecule has 0 aromatic heterocycles. The van der Waals surface area contributed by atoms with E-state index in [0.29, 0.717) is 36.5 Å². The van der Waals surface area contributed by atoms with Gasteiger partial charge in [-0.3, -0.25) is 9.59 Å². The quantitative estimate of drug-likeness (QED) is 0.359. The molecule has 2 aromatic rings. The monoisotopic (exact) mass is 668 g/mol. The molecule has 0 spiro atoms. The van der Waals surface area contributed by atoms with Gasteiger partial charge in [0.15, 0.2) is 0 Å². The van der Waals surface area contributed by atoms with Crippen LogP contribution in [0.25, 0.3) is 0 Å². The maximum absolute atomic E-state index is 12.5. The average molecular weight is 669 g/mol. The summed E-state index contributed by atoms with van der Waals surface area (Å²) < 4.78 is 0. The van der Waals surface area contributed by atoms with Crippen molar-refractivity contribution in [1.82, 2.24) is 9.80 Å². The molecule has 4 fully saturated rings. The van der Waals surface area contributed by atoms with Crippen LogP contribution in [0.4, 0.5) is 0 Å². The third kappa shape index (κ3) is 10.8. The SMILES string of the molecule is O=C([O-])[C@H](CC(=O)N1C[C@@H]2CCCC[C@H]2C1)Cc1ccccc1.O=C([O-])[C@H](CC(=O)N1C[C@@H]2CCCC[C@H]2C1)Cc1ccccc1.[Ca+2]. The van der Waals surface area contributed by atoms with Gasteiger partial charge in [-0.15, -0.1) is 0 Å². The largest absolute Gasteiger partial charge is 2.00 e. The molecule has 2 aliphatic carbocycles. The van der Waals surface area contributed by atoms with Crippen molar-refractivity contribution in [2.24, 2.45) is 35.5 Å². The minimum Gasteiger partial charge on any atom is -0.550 e. The summed E-state index contributed by atoms with van der Waals surface area (Å²) in [4.78, 5) is 51.7. The van der Waals surface area contributed by atoms with Gasteiger partial charge in [0.25, 0.3) is 0 Å². The number of fused-ring (bicyclic) bond motifs is 2. The summed E-state index contributed by atoms with van der Waals surface area (Å²) in [6, 6.07) is 18.9. The number of carboxylic acid groups (broad SMARTS) is 2. The molecule has 0 unspecified atom stereocenters. The first kappa shape index (κ1) is 37.4. The van der Waals surface area contributed by atoms with Gasteiger partial charge in [0.1, 0.15) is 0 Å². The number of benzene rings is 2. The Morgan fingerprint density at radius 2 is 0.851 bits per heavy atom. The normalized spacial score (nSPS) is 24.4. The smallest absolute Gasteiger partial charge is 0.550 e. The Morgan fingerprint density at radius 1 is 0.553 bits per heavy atom. The van der Waals surface area contributed by atoms with E-state index in [1.54, 1.807) is 0 Å². The summed E-state index contributed by atoms with van der Waals surface area (Å²) >= 11 is 0. The fourth-order valence-corrected chi connectivity index (χ4v) is 8.17. The standard InChI is InChI=1S/2C19H25NO3.Ca/c2*21-18(20-12-15-8-4-5-9-16(15)13-20)11-17(19(22)23)10-14-6-2-1-3-7-14;/h2*1-3,6-7,15-17H,4-5,8-13H2,(H,22,23);/q;;+2/p-2/t2*15-,16-,17-;/m00./s1. The zero-order valence-electron chi connectivity index (χ0n) is 27.6. The minimum absolute atomic E-state index is 0. The van der Waals surface area contributed by atoms with Crippen LogP contribution in [0.2, 0.25) is 0 Å². The van der Waals surface area contributed by atoms with Gasteiger partial charge in [0.2, 0.25) is 11.8 Å². The summed E-state index contributed by atoms with van der Waals surface area (Å²) in [5, 5.41) is 22.8. The molecule has 47 heavy (non-hydrogen) atoms. The van der Waals surface area contributed by atoms with Gasteiger partial charge in [-0.2, -0.15) is 0 Å². The van der Waals surface area contributed by atoms with Crippen molar-refractivity contribution >= 4 is 61.5 Å². The number of rotatable bonds is 10. The molecular weight excluding hydrogens is 621 g/mol. The molecule has 6 rings (SSSR count). The number of amides is 2. The number of carbonyl (C=O) groups excluding carboxylic acids is 4. The molecule has 0 N–H and O–H groups in total. The summed E-state index contributed by atoms with van der Waals surface area (Å²) in [5.74, 6) is -1.27. The number of nitrogens with zero attached hydrogens (tertiary/aromatic N) is 2. The minimum atomic E-state index is -1.13. The predicted molar refractivity (Wildman–Crippen MR) is 176 cm³/mol. The fraction of sp³-hybridized carbons (Fsp3) is 0.579. The summed E-state index contributed by atoms with van der Waals surface area (Å²) in [5.41, 5.74) is 1.87. The van der Waals surface area contributed by atoms with Gasteiger partial charge in [-0.1, -0.05) is 86.3 Å². The second-order valence-corrected chi connectivity index (χ2v) is 14.0. The molecule has 6 atom stereocenters. The number of hydrogen-bond donors (Lipinski definition) is 0. The first-order valence-electron chi connectivity index (χ1n) is 17.3. The van der Waals surface area contributed by atoms with Crippen LogP contribution in [0.3, 0.4) is 0 Å². The van der Waals surface area contributed by atoms with Crippen molar-refractivity contribution in [1.29, 1.82) is 0 Å². The van der Waals surface area contributed by atoms with Crippen molar-refractivity contribution in [3.63, 3.8) is 0 Å². The Hall–Kier alpha value is -2.42. The third-order valence-electron chi connectivity index (χ3n) is 10.8. The van der Waals surface area contributed by atoms with Gasteiger partial charge in [0, 0.05) is 62.8 Å². The van der Waals surface area contributed by atoms with Crippen LogP contribution < -0.4 is 10.2 Å². The van der Waals surface area contributed by atoms with Crippen LogP contribution in [0, 0.1) is 35.5 Å². The van der Waals surface area contributed by atoms with E-state index in [-0.39, 0.29) is 62.4 Å². The fourth-order valence-electron chi connectivity index (χ4n) is 8.17. The van der Waals surface area contributed by atoms with Crippen LogP contribution in [-0.4, -0.2) is 97.5 Å². The van der Waals surface area contributed by atoms with E-state index in [2.05, 4.69) is 0 Å². The van der Waals surface area contributed by atoms with Gasteiger partial charge < -0.3 is 29.6 Å². The first-order chi connectivity index (χ1) is 22.3. The zero-order chi connectivity index (χ0) is 32.5. The second kappa shape index (κ2) is 18.4. The van der Waals surface area contributed by atoms with Crippen LogP contribution in [0.1, 0.15) is 75.3 Å². The summed E-state index contributed by atoms with van der Waals surface area (Å²) in [6.07, 6.45) is 10.7.